The molecular weight excluding hydrogens is 168 g/mol. The van der Waals surface area contributed by atoms with E-state index in [4.69, 9.17) is 11.1 Å². The van der Waals surface area contributed by atoms with Gasteiger partial charge in [-0.25, -0.2) is 0 Å². The molecule has 0 saturated heterocycles. The van der Waals surface area contributed by atoms with Crippen LogP contribution in [0.3, 0.4) is 0 Å². The van der Waals surface area contributed by atoms with Gasteiger partial charge in [-0.2, -0.15) is 0 Å². The molecule has 3 heteroatoms. The van der Waals surface area contributed by atoms with Crippen molar-refractivity contribution < 1.29 is 0 Å². The van der Waals surface area contributed by atoms with Crippen LogP contribution < -0.4 is 5.73 Å². The Bertz CT molecular complexity index is 258. The molecule has 0 aliphatic carbocycles. The van der Waals surface area contributed by atoms with Crippen LogP contribution in [0.1, 0.15) is 17.9 Å². The molecule has 2 nitrogen and oxygen atoms in total. The average Bonchev–Trinajstić information content (AvgIpc) is 2.05. The van der Waals surface area contributed by atoms with Gasteiger partial charge in [0.25, 0.3) is 0 Å². The molecule has 0 heterocycles. The summed E-state index contributed by atoms with van der Waals surface area (Å²) >= 11 is 1.37. The summed E-state index contributed by atoms with van der Waals surface area (Å²) in [5, 5.41) is 7.70. The van der Waals surface area contributed by atoms with E-state index in [1.54, 1.807) is 6.92 Å². The molecule has 0 radical (unpaired) electrons. The first-order valence-electron chi connectivity index (χ1n) is 3.72. The van der Waals surface area contributed by atoms with Gasteiger partial charge < -0.3 is 5.73 Å². The van der Waals surface area contributed by atoms with Crippen LogP contribution in [0.15, 0.2) is 30.3 Å². The van der Waals surface area contributed by atoms with Gasteiger partial charge in [0.05, 0.1) is 10.4 Å². The summed E-state index contributed by atoms with van der Waals surface area (Å²) in [7, 11) is 0. The van der Waals surface area contributed by atoms with Crippen LogP contribution >= 0.6 is 11.8 Å². The lowest BCUT2D eigenvalue weighted by Gasteiger charge is -2.09. The van der Waals surface area contributed by atoms with Gasteiger partial charge in [0, 0.05) is 0 Å². The monoisotopic (exact) mass is 180 g/mol. The van der Waals surface area contributed by atoms with Gasteiger partial charge >= 0.3 is 0 Å². The van der Waals surface area contributed by atoms with Crippen molar-refractivity contribution >= 4 is 16.8 Å². The lowest BCUT2D eigenvalue weighted by atomic mass is 10.2. The predicted octanol–water partition coefficient (Wildman–Crippen LogP) is 2.37. The maximum Gasteiger partial charge on any atom is 0.0822 e. The SMILES string of the molecule is CC(=N)SC(N)c1ccccc1. The van der Waals surface area contributed by atoms with Crippen molar-refractivity contribution in [2.75, 3.05) is 0 Å². The third-order valence-electron chi connectivity index (χ3n) is 1.43. The van der Waals surface area contributed by atoms with Crippen LogP contribution in [-0.2, 0) is 0 Å². The molecule has 0 aliphatic rings. The highest BCUT2D eigenvalue weighted by atomic mass is 32.2. The number of thioether (sulfide) groups is 1. The summed E-state index contributed by atoms with van der Waals surface area (Å²) in [6.45, 7) is 1.74. The number of rotatable bonds is 2. The molecule has 64 valence electrons. The van der Waals surface area contributed by atoms with E-state index >= 15 is 0 Å². The second-order valence-electron chi connectivity index (χ2n) is 2.51. The Hall–Kier alpha value is -0.800. The van der Waals surface area contributed by atoms with E-state index in [0.717, 1.165) is 5.56 Å². The fourth-order valence-electron chi connectivity index (χ4n) is 0.901. The maximum absolute atomic E-state index is 7.26. The quantitative estimate of drug-likeness (QED) is 0.417. The van der Waals surface area contributed by atoms with E-state index in [1.165, 1.54) is 11.8 Å². The molecule has 0 fully saturated rings. The first-order chi connectivity index (χ1) is 5.70. The predicted molar refractivity (Wildman–Crippen MR) is 54.4 cm³/mol. The molecule has 1 aromatic rings. The molecule has 1 unspecified atom stereocenters. The van der Waals surface area contributed by atoms with E-state index in [9.17, 15) is 0 Å². The molecule has 1 atom stereocenters. The minimum Gasteiger partial charge on any atom is -0.315 e. The summed E-state index contributed by atoms with van der Waals surface area (Å²) in [4.78, 5) is 0. The van der Waals surface area contributed by atoms with Gasteiger partial charge in [0.1, 0.15) is 0 Å². The molecule has 0 aliphatic heterocycles. The van der Waals surface area contributed by atoms with Gasteiger partial charge in [-0.3, -0.25) is 5.41 Å². The molecule has 1 aromatic carbocycles. The summed E-state index contributed by atoms with van der Waals surface area (Å²) in [5.41, 5.74) is 6.88. The van der Waals surface area contributed by atoms with Crippen LogP contribution in [0.5, 0.6) is 0 Å². The van der Waals surface area contributed by atoms with E-state index in [-0.39, 0.29) is 5.37 Å². The van der Waals surface area contributed by atoms with Gasteiger partial charge in [-0.05, 0) is 12.5 Å². The van der Waals surface area contributed by atoms with Crippen molar-refractivity contribution in [2.45, 2.75) is 12.3 Å². The summed E-state index contributed by atoms with van der Waals surface area (Å²) in [5.74, 6) is 0. The fourth-order valence-corrected chi connectivity index (χ4v) is 1.58. The van der Waals surface area contributed by atoms with Crippen molar-refractivity contribution in [2.24, 2.45) is 5.73 Å². The second kappa shape index (κ2) is 4.28. The zero-order valence-electron chi connectivity index (χ0n) is 6.95. The Morgan fingerprint density at radius 1 is 1.42 bits per heavy atom. The Morgan fingerprint density at radius 2 is 2.00 bits per heavy atom. The third-order valence-corrected chi connectivity index (χ3v) is 2.31. The molecular formula is C9H12N2S. The molecule has 0 bridgehead atoms. The van der Waals surface area contributed by atoms with Gasteiger partial charge in [-0.15, -0.1) is 0 Å². The molecule has 0 spiro atoms. The number of nitrogens with two attached hydrogens (primary N) is 1. The Kier molecular flexibility index (Phi) is 3.31. The van der Waals surface area contributed by atoms with Crippen LogP contribution in [-0.4, -0.2) is 5.04 Å². The molecule has 0 amide bonds. The van der Waals surface area contributed by atoms with Gasteiger partial charge in [-0.1, -0.05) is 42.1 Å². The first-order valence-corrected chi connectivity index (χ1v) is 4.60. The lowest BCUT2D eigenvalue weighted by molar-refractivity contribution is 1.04. The Labute approximate surface area is 76.7 Å². The minimum atomic E-state index is -0.108. The van der Waals surface area contributed by atoms with Crippen molar-refractivity contribution in [3.05, 3.63) is 35.9 Å². The molecule has 3 N–H and O–H groups in total. The first kappa shape index (κ1) is 9.29. The van der Waals surface area contributed by atoms with Crippen LogP contribution in [0, 0.1) is 5.41 Å². The third kappa shape index (κ3) is 2.68. The normalized spacial score (nSPS) is 12.5. The Balaban J connectivity index is 2.65. The minimum absolute atomic E-state index is 0.108. The summed E-state index contributed by atoms with van der Waals surface area (Å²) in [6.07, 6.45) is 0. The second-order valence-corrected chi connectivity index (χ2v) is 3.86. The number of hydrogen-bond acceptors (Lipinski definition) is 3. The Morgan fingerprint density at radius 3 is 2.50 bits per heavy atom. The fraction of sp³-hybridized carbons (Fsp3) is 0.222. The topological polar surface area (TPSA) is 49.9 Å². The zero-order chi connectivity index (χ0) is 8.97. The van der Waals surface area contributed by atoms with Crippen molar-refractivity contribution in [1.29, 1.82) is 5.41 Å². The van der Waals surface area contributed by atoms with Crippen molar-refractivity contribution in [3.8, 4) is 0 Å². The van der Waals surface area contributed by atoms with Crippen LogP contribution in [0.25, 0.3) is 0 Å². The number of nitrogens with one attached hydrogen (secondary N) is 1. The van der Waals surface area contributed by atoms with Crippen LogP contribution in [0.4, 0.5) is 0 Å². The maximum atomic E-state index is 7.26. The average molecular weight is 180 g/mol. The van der Waals surface area contributed by atoms with Crippen molar-refractivity contribution in [1.82, 2.24) is 0 Å². The molecule has 0 saturated carbocycles. The van der Waals surface area contributed by atoms with E-state index < -0.39 is 0 Å². The summed E-state index contributed by atoms with van der Waals surface area (Å²) < 4.78 is 0. The molecule has 12 heavy (non-hydrogen) atoms. The standard InChI is InChI=1S/C9H12N2S/c1-7(10)12-9(11)8-5-3-2-4-6-8/h2-6,9-10H,11H2,1H3. The smallest absolute Gasteiger partial charge is 0.0822 e. The van der Waals surface area contributed by atoms with E-state index in [0.29, 0.717) is 5.04 Å². The number of benzene rings is 1. The highest BCUT2D eigenvalue weighted by molar-refractivity contribution is 8.13. The van der Waals surface area contributed by atoms with Gasteiger partial charge in [0.15, 0.2) is 0 Å². The van der Waals surface area contributed by atoms with Crippen LogP contribution in [0.2, 0.25) is 0 Å². The number of hydrogen-bond donors (Lipinski definition) is 2. The highest BCUT2D eigenvalue weighted by Gasteiger charge is 2.05. The molecule has 0 aromatic heterocycles. The summed E-state index contributed by atoms with van der Waals surface area (Å²) in [6, 6.07) is 9.81. The van der Waals surface area contributed by atoms with Crippen molar-refractivity contribution in [3.63, 3.8) is 0 Å². The highest BCUT2D eigenvalue weighted by Crippen LogP contribution is 2.23. The van der Waals surface area contributed by atoms with E-state index in [1.807, 2.05) is 30.3 Å². The molecule has 1 rings (SSSR count). The van der Waals surface area contributed by atoms with Gasteiger partial charge in [0.2, 0.25) is 0 Å². The van der Waals surface area contributed by atoms with E-state index in [2.05, 4.69) is 0 Å². The zero-order valence-corrected chi connectivity index (χ0v) is 7.77. The largest absolute Gasteiger partial charge is 0.315 e. The lowest BCUT2D eigenvalue weighted by Crippen LogP contribution is -2.07.